The summed E-state index contributed by atoms with van der Waals surface area (Å²) in [5, 5.41) is 5.40. The van der Waals surface area contributed by atoms with E-state index in [-0.39, 0.29) is 5.97 Å². The van der Waals surface area contributed by atoms with Crippen LogP contribution in [0.4, 0.5) is 0 Å². The van der Waals surface area contributed by atoms with Crippen LogP contribution in [0, 0.1) is 5.41 Å². The molecule has 0 fully saturated rings. The molecule has 0 bridgehead atoms. The number of hydrogen-bond donors (Lipinski definition) is 1. The average molecular weight is 227 g/mol. The second-order valence-electron chi connectivity index (χ2n) is 3.24. The van der Waals surface area contributed by atoms with Crippen molar-refractivity contribution in [2.24, 2.45) is 0 Å². The second kappa shape index (κ2) is 16.0. The third-order valence-electron chi connectivity index (χ3n) is 1.91. The molecule has 1 N–H and O–H groups in total. The first-order chi connectivity index (χ1) is 7.72. The molecule has 16 heavy (non-hydrogen) atoms. The van der Waals surface area contributed by atoms with E-state index in [1.54, 1.807) is 0 Å². The lowest BCUT2D eigenvalue weighted by atomic mass is 10.1. The van der Waals surface area contributed by atoms with Gasteiger partial charge in [-0.2, -0.15) is 0 Å². The molecule has 0 rings (SSSR count). The fraction of sp³-hybridized carbons (Fsp3) is 0.667. The fourth-order valence-corrected chi connectivity index (χ4v) is 1.11. The fourth-order valence-electron chi connectivity index (χ4n) is 1.11. The molecule has 0 aromatic rings. The van der Waals surface area contributed by atoms with Crippen molar-refractivity contribution >= 4 is 12.0 Å². The first-order valence-electron chi connectivity index (χ1n) is 5.56. The van der Waals surface area contributed by atoms with Crippen LogP contribution in [0.2, 0.25) is 0 Å². The number of unbranched alkanes of at least 4 members (excludes halogenated alkanes) is 5. The van der Waals surface area contributed by atoms with E-state index >= 15 is 0 Å². The van der Waals surface area contributed by atoms with Crippen LogP contribution in [-0.2, 0) is 14.3 Å². The van der Waals surface area contributed by atoms with Crippen LogP contribution in [-0.4, -0.2) is 18.7 Å². The van der Waals surface area contributed by atoms with Gasteiger partial charge in [-0.1, -0.05) is 45.6 Å². The van der Waals surface area contributed by atoms with E-state index in [0.717, 1.165) is 18.9 Å². The Labute approximate surface area is 97.2 Å². The molecule has 0 atom stereocenters. The predicted molar refractivity (Wildman–Crippen MR) is 62.9 cm³/mol. The molecule has 4 nitrogen and oxygen atoms in total. The number of ether oxygens (including phenoxy) is 1. The molecule has 0 saturated carbocycles. The first-order valence-corrected chi connectivity index (χ1v) is 5.56. The molecule has 4 heteroatoms. The number of esters is 1. The molecular weight excluding hydrogens is 206 g/mol. The molecule has 0 radical (unpaired) electrons. The van der Waals surface area contributed by atoms with Crippen LogP contribution >= 0.6 is 0 Å². The van der Waals surface area contributed by atoms with Crippen molar-refractivity contribution in [3.05, 3.63) is 12.7 Å². The van der Waals surface area contributed by atoms with Gasteiger partial charge in [-0.05, 0) is 6.42 Å². The number of carbonyl (C=O) groups excluding carboxylic acids is 2. The molecule has 0 aromatic heterocycles. The van der Waals surface area contributed by atoms with Gasteiger partial charge in [-0.15, -0.1) is 0 Å². The molecule has 0 amide bonds. The lowest BCUT2D eigenvalue weighted by Gasteiger charge is -2.01. The van der Waals surface area contributed by atoms with E-state index in [4.69, 9.17) is 14.9 Å². The summed E-state index contributed by atoms with van der Waals surface area (Å²) in [4.78, 5) is 19.0. The maximum Gasteiger partial charge on any atom is 0.330 e. The number of isocyanates is 1. The largest absolute Gasteiger partial charge is 0.463 e. The van der Waals surface area contributed by atoms with E-state index in [0.29, 0.717) is 6.61 Å². The van der Waals surface area contributed by atoms with Gasteiger partial charge in [0.1, 0.15) is 0 Å². The van der Waals surface area contributed by atoms with Crippen LogP contribution in [0.15, 0.2) is 12.7 Å². The molecule has 92 valence electrons. The van der Waals surface area contributed by atoms with Crippen molar-refractivity contribution in [3.63, 3.8) is 0 Å². The molecule has 0 aliphatic rings. The van der Waals surface area contributed by atoms with Gasteiger partial charge in [0, 0.05) is 6.08 Å². The Morgan fingerprint density at radius 3 is 2.31 bits per heavy atom. The Kier molecular flexibility index (Phi) is 17.0. The van der Waals surface area contributed by atoms with Gasteiger partial charge >= 0.3 is 5.97 Å². The van der Waals surface area contributed by atoms with Gasteiger partial charge in [-0.3, -0.25) is 0 Å². The topological polar surface area (TPSA) is 67.2 Å². The van der Waals surface area contributed by atoms with E-state index < -0.39 is 0 Å². The van der Waals surface area contributed by atoms with Crippen molar-refractivity contribution in [2.75, 3.05) is 6.61 Å². The van der Waals surface area contributed by atoms with E-state index in [2.05, 4.69) is 13.5 Å². The maximum absolute atomic E-state index is 10.6. The molecule has 0 aliphatic carbocycles. The van der Waals surface area contributed by atoms with Gasteiger partial charge in [0.05, 0.1) is 6.61 Å². The minimum atomic E-state index is -0.312. The van der Waals surface area contributed by atoms with Gasteiger partial charge in [0.15, 0.2) is 0 Å². The summed E-state index contributed by atoms with van der Waals surface area (Å²) in [6.45, 7) is 6.06. The average Bonchev–Trinajstić information content (AvgIpc) is 2.28. The van der Waals surface area contributed by atoms with E-state index in [9.17, 15) is 4.79 Å². The zero-order valence-electron chi connectivity index (χ0n) is 9.96. The summed E-state index contributed by atoms with van der Waals surface area (Å²) in [7, 11) is 0. The smallest absolute Gasteiger partial charge is 0.330 e. The van der Waals surface area contributed by atoms with Crippen LogP contribution in [0.3, 0.4) is 0 Å². The van der Waals surface area contributed by atoms with Crippen molar-refractivity contribution < 1.29 is 14.3 Å². The lowest BCUT2D eigenvalue weighted by Crippen LogP contribution is -2.01. The Hall–Kier alpha value is -1.41. The molecule has 0 spiro atoms. The predicted octanol–water partition coefficient (Wildman–Crippen LogP) is 2.98. The van der Waals surface area contributed by atoms with Gasteiger partial charge in [0.25, 0.3) is 0 Å². The highest BCUT2D eigenvalue weighted by Crippen LogP contribution is 2.04. The Balaban J connectivity index is 0. The summed E-state index contributed by atoms with van der Waals surface area (Å²) in [6.07, 6.45) is 9.22. The molecular formula is C12H21NO3. The lowest BCUT2D eigenvalue weighted by molar-refractivity contribution is -0.137. The molecule has 0 saturated heterocycles. The quantitative estimate of drug-likeness (QED) is 0.228. The zero-order chi connectivity index (χ0) is 12.6. The highest BCUT2D eigenvalue weighted by molar-refractivity contribution is 5.81. The monoisotopic (exact) mass is 227 g/mol. The number of carbonyl (C=O) groups is 1. The summed E-state index contributed by atoms with van der Waals surface area (Å²) >= 11 is 0. The van der Waals surface area contributed by atoms with Crippen molar-refractivity contribution in [2.45, 2.75) is 45.4 Å². The summed E-state index contributed by atoms with van der Waals surface area (Å²) < 4.78 is 4.84. The van der Waals surface area contributed by atoms with Gasteiger partial charge < -0.3 is 4.74 Å². The Bertz CT molecular complexity index is 208. The number of nitrogens with one attached hydrogen (secondary N) is 1. The van der Waals surface area contributed by atoms with Crippen molar-refractivity contribution in [3.8, 4) is 0 Å². The summed E-state index contributed by atoms with van der Waals surface area (Å²) in [5.74, 6) is -0.312. The maximum atomic E-state index is 10.6. The van der Waals surface area contributed by atoms with E-state index in [1.807, 2.05) is 0 Å². The summed E-state index contributed by atoms with van der Waals surface area (Å²) in [6, 6.07) is 0. The second-order valence-corrected chi connectivity index (χ2v) is 3.24. The van der Waals surface area contributed by atoms with E-state index in [1.165, 1.54) is 31.8 Å². The number of hydrogen-bond acceptors (Lipinski definition) is 4. The highest BCUT2D eigenvalue weighted by atomic mass is 16.5. The normalized spacial score (nSPS) is 8.31. The molecule has 0 aromatic carbocycles. The van der Waals surface area contributed by atoms with Crippen molar-refractivity contribution in [1.82, 2.24) is 0 Å². The van der Waals surface area contributed by atoms with Gasteiger partial charge in [-0.25, -0.2) is 15.0 Å². The van der Waals surface area contributed by atoms with Crippen LogP contribution in [0.5, 0.6) is 0 Å². The SMILES string of the molecule is C=CC(=O)OCCCCCCCC.N=C=O. The third kappa shape index (κ3) is 18.4. The summed E-state index contributed by atoms with van der Waals surface area (Å²) in [5.41, 5.74) is 0. The Morgan fingerprint density at radius 1 is 1.31 bits per heavy atom. The zero-order valence-corrected chi connectivity index (χ0v) is 9.96. The molecule has 0 heterocycles. The molecule has 0 aliphatic heterocycles. The third-order valence-corrected chi connectivity index (χ3v) is 1.91. The standard InChI is InChI=1S/C11H20O2.CHNO/c1-3-5-6-7-8-9-10-13-11(12)4-2;2-1-3/h4H,2-3,5-10H2,1H3;2H. The minimum absolute atomic E-state index is 0.312. The molecule has 0 unspecified atom stereocenters. The van der Waals surface area contributed by atoms with Crippen LogP contribution < -0.4 is 0 Å². The van der Waals surface area contributed by atoms with Crippen LogP contribution in [0.25, 0.3) is 0 Å². The number of rotatable bonds is 8. The minimum Gasteiger partial charge on any atom is -0.463 e. The van der Waals surface area contributed by atoms with Crippen LogP contribution in [0.1, 0.15) is 45.4 Å². The highest BCUT2D eigenvalue weighted by Gasteiger charge is 1.94. The Morgan fingerprint density at radius 2 is 1.81 bits per heavy atom. The first kappa shape index (κ1) is 17.0. The van der Waals surface area contributed by atoms with Gasteiger partial charge in [0.2, 0.25) is 6.08 Å². The van der Waals surface area contributed by atoms with Crippen molar-refractivity contribution in [1.29, 1.82) is 5.41 Å².